The highest BCUT2D eigenvalue weighted by molar-refractivity contribution is 6.05. The summed E-state index contributed by atoms with van der Waals surface area (Å²) in [5.74, 6) is 0.437. The predicted octanol–water partition coefficient (Wildman–Crippen LogP) is 3.61. The van der Waals surface area contributed by atoms with Crippen LogP contribution in [0.4, 0.5) is 0 Å². The number of rotatable bonds is 9. The third kappa shape index (κ3) is 4.91. The predicted molar refractivity (Wildman–Crippen MR) is 120 cm³/mol. The molecular formula is C24H26N2O6. The van der Waals surface area contributed by atoms with Gasteiger partial charge in [0.15, 0.2) is 18.1 Å². The zero-order valence-corrected chi connectivity index (χ0v) is 18.6. The number of hydrogen-bond donors (Lipinski definition) is 1. The standard InChI is InChI=1S/C24H26N2O6/c1-5-10-25-22(27)14-32-24(28)17-13-19(26-18-9-7-6-8-16(17)18)15-11-20(29-2)23(31-4)21(12-15)30-3/h6-9,11-13H,5,10,14H2,1-4H3,(H,25,27). The highest BCUT2D eigenvalue weighted by atomic mass is 16.5. The number of carbonyl (C=O) groups is 2. The van der Waals surface area contributed by atoms with Gasteiger partial charge >= 0.3 is 5.97 Å². The van der Waals surface area contributed by atoms with Gasteiger partial charge in [0.1, 0.15) is 0 Å². The van der Waals surface area contributed by atoms with E-state index in [9.17, 15) is 9.59 Å². The van der Waals surface area contributed by atoms with Gasteiger partial charge in [0.05, 0.1) is 38.1 Å². The van der Waals surface area contributed by atoms with E-state index in [0.717, 1.165) is 6.42 Å². The topological polar surface area (TPSA) is 96.0 Å². The van der Waals surface area contributed by atoms with Gasteiger partial charge in [-0.05, 0) is 30.7 Å². The Hall–Kier alpha value is -3.81. The van der Waals surface area contributed by atoms with Crippen LogP contribution in [0.5, 0.6) is 17.2 Å². The van der Waals surface area contributed by atoms with E-state index >= 15 is 0 Å². The van der Waals surface area contributed by atoms with Gasteiger partial charge < -0.3 is 24.3 Å². The smallest absolute Gasteiger partial charge is 0.339 e. The number of para-hydroxylation sites is 1. The van der Waals surface area contributed by atoms with Crippen LogP contribution in [0.15, 0.2) is 42.5 Å². The Morgan fingerprint density at radius 2 is 1.66 bits per heavy atom. The van der Waals surface area contributed by atoms with Crippen molar-refractivity contribution < 1.29 is 28.5 Å². The molecule has 0 aliphatic carbocycles. The zero-order chi connectivity index (χ0) is 23.1. The summed E-state index contributed by atoms with van der Waals surface area (Å²) in [6.45, 7) is 2.12. The molecule has 2 aromatic carbocycles. The minimum atomic E-state index is -0.607. The van der Waals surface area contributed by atoms with Gasteiger partial charge in [0.2, 0.25) is 5.75 Å². The molecule has 0 aliphatic heterocycles. The van der Waals surface area contributed by atoms with Gasteiger partial charge in [-0.15, -0.1) is 0 Å². The van der Waals surface area contributed by atoms with Crippen molar-refractivity contribution in [3.05, 3.63) is 48.0 Å². The lowest BCUT2D eigenvalue weighted by Crippen LogP contribution is -2.29. The van der Waals surface area contributed by atoms with Crippen molar-refractivity contribution in [2.45, 2.75) is 13.3 Å². The maximum Gasteiger partial charge on any atom is 0.339 e. The second kappa shape index (κ2) is 10.5. The summed E-state index contributed by atoms with van der Waals surface area (Å²) in [7, 11) is 4.58. The minimum Gasteiger partial charge on any atom is -0.493 e. The molecule has 0 aliphatic rings. The lowest BCUT2D eigenvalue weighted by molar-refractivity contribution is -0.124. The van der Waals surface area contributed by atoms with Gasteiger partial charge in [-0.2, -0.15) is 0 Å². The quantitative estimate of drug-likeness (QED) is 0.510. The second-order valence-electron chi connectivity index (χ2n) is 6.91. The number of fused-ring (bicyclic) bond motifs is 1. The number of esters is 1. The number of hydrogen-bond acceptors (Lipinski definition) is 7. The molecule has 3 rings (SSSR count). The summed E-state index contributed by atoms with van der Waals surface area (Å²) in [5, 5.41) is 3.31. The molecule has 0 spiro atoms. The Labute approximate surface area is 186 Å². The van der Waals surface area contributed by atoms with Crippen molar-refractivity contribution in [3.63, 3.8) is 0 Å². The molecule has 0 radical (unpaired) electrons. The van der Waals surface area contributed by atoms with Crippen LogP contribution < -0.4 is 19.5 Å². The van der Waals surface area contributed by atoms with Crippen LogP contribution in [0.1, 0.15) is 23.7 Å². The number of amides is 1. The van der Waals surface area contributed by atoms with Gasteiger partial charge in [0, 0.05) is 17.5 Å². The van der Waals surface area contributed by atoms with E-state index in [1.165, 1.54) is 21.3 Å². The fourth-order valence-electron chi connectivity index (χ4n) is 3.25. The average molecular weight is 438 g/mol. The number of benzene rings is 2. The van der Waals surface area contributed by atoms with Crippen LogP contribution in [-0.4, -0.2) is 51.3 Å². The van der Waals surface area contributed by atoms with Crippen LogP contribution in [0.3, 0.4) is 0 Å². The first kappa shape index (κ1) is 22.9. The number of ether oxygens (including phenoxy) is 4. The normalized spacial score (nSPS) is 10.5. The molecule has 0 atom stereocenters. The van der Waals surface area contributed by atoms with Crippen LogP contribution in [0.2, 0.25) is 0 Å². The SMILES string of the molecule is CCCNC(=O)COC(=O)c1cc(-c2cc(OC)c(OC)c(OC)c2)nc2ccccc12. The van der Waals surface area contributed by atoms with E-state index in [1.807, 2.05) is 25.1 Å². The largest absolute Gasteiger partial charge is 0.493 e. The molecule has 1 N–H and O–H groups in total. The van der Waals surface area contributed by atoms with Gasteiger partial charge in [0.25, 0.3) is 5.91 Å². The Bertz CT molecular complexity index is 1100. The summed E-state index contributed by atoms with van der Waals surface area (Å²) in [6.07, 6.45) is 0.798. The maximum absolute atomic E-state index is 12.9. The Balaban J connectivity index is 2.03. The number of nitrogens with zero attached hydrogens (tertiary/aromatic N) is 1. The molecule has 0 bridgehead atoms. The molecule has 0 fully saturated rings. The summed E-state index contributed by atoms with van der Waals surface area (Å²) in [6, 6.07) is 12.4. The van der Waals surface area contributed by atoms with Crippen molar-refractivity contribution in [2.24, 2.45) is 0 Å². The molecular weight excluding hydrogens is 412 g/mol. The number of nitrogens with one attached hydrogen (secondary N) is 1. The molecule has 32 heavy (non-hydrogen) atoms. The number of pyridine rings is 1. The average Bonchev–Trinajstić information content (AvgIpc) is 2.84. The molecule has 1 aromatic heterocycles. The fraction of sp³-hybridized carbons (Fsp3) is 0.292. The molecule has 8 nitrogen and oxygen atoms in total. The first-order chi connectivity index (χ1) is 15.5. The molecule has 0 saturated heterocycles. The monoisotopic (exact) mass is 438 g/mol. The molecule has 1 amide bonds. The van der Waals surface area contributed by atoms with Gasteiger partial charge in [-0.1, -0.05) is 25.1 Å². The number of carbonyl (C=O) groups excluding carboxylic acids is 2. The Morgan fingerprint density at radius 1 is 0.969 bits per heavy atom. The summed E-state index contributed by atoms with van der Waals surface area (Å²) < 4.78 is 21.5. The van der Waals surface area contributed by atoms with E-state index in [2.05, 4.69) is 5.32 Å². The van der Waals surface area contributed by atoms with Crippen LogP contribution in [-0.2, 0) is 9.53 Å². The fourth-order valence-corrected chi connectivity index (χ4v) is 3.25. The molecule has 8 heteroatoms. The van der Waals surface area contributed by atoms with Crippen LogP contribution in [0.25, 0.3) is 22.2 Å². The zero-order valence-electron chi connectivity index (χ0n) is 18.6. The molecule has 0 saturated carbocycles. The van der Waals surface area contributed by atoms with E-state index in [0.29, 0.717) is 51.5 Å². The molecule has 3 aromatic rings. The van der Waals surface area contributed by atoms with Crippen LogP contribution >= 0.6 is 0 Å². The van der Waals surface area contributed by atoms with Gasteiger partial charge in [-0.3, -0.25) is 4.79 Å². The van der Waals surface area contributed by atoms with E-state index in [-0.39, 0.29) is 12.5 Å². The third-order valence-electron chi connectivity index (χ3n) is 4.80. The lowest BCUT2D eigenvalue weighted by Gasteiger charge is -2.15. The van der Waals surface area contributed by atoms with Crippen molar-refractivity contribution in [3.8, 4) is 28.5 Å². The molecule has 0 unspecified atom stereocenters. The van der Waals surface area contributed by atoms with Gasteiger partial charge in [-0.25, -0.2) is 9.78 Å². The Kier molecular flexibility index (Phi) is 7.49. The highest BCUT2D eigenvalue weighted by Crippen LogP contribution is 2.41. The summed E-state index contributed by atoms with van der Waals surface area (Å²) in [4.78, 5) is 29.4. The number of methoxy groups -OCH3 is 3. The van der Waals surface area contributed by atoms with Crippen molar-refractivity contribution in [1.82, 2.24) is 10.3 Å². The molecule has 168 valence electrons. The van der Waals surface area contributed by atoms with E-state index in [4.69, 9.17) is 23.9 Å². The number of aromatic nitrogens is 1. The van der Waals surface area contributed by atoms with E-state index < -0.39 is 5.97 Å². The Morgan fingerprint density at radius 3 is 2.28 bits per heavy atom. The highest BCUT2D eigenvalue weighted by Gasteiger charge is 2.19. The minimum absolute atomic E-state index is 0.308. The van der Waals surface area contributed by atoms with Crippen LogP contribution in [0, 0.1) is 0 Å². The lowest BCUT2D eigenvalue weighted by atomic mass is 10.0. The summed E-state index contributed by atoms with van der Waals surface area (Å²) >= 11 is 0. The second-order valence-corrected chi connectivity index (χ2v) is 6.91. The molecule has 1 heterocycles. The summed E-state index contributed by atoms with van der Waals surface area (Å²) in [5.41, 5.74) is 2.11. The van der Waals surface area contributed by atoms with Crippen molar-refractivity contribution >= 4 is 22.8 Å². The van der Waals surface area contributed by atoms with Crippen molar-refractivity contribution in [2.75, 3.05) is 34.5 Å². The first-order valence-corrected chi connectivity index (χ1v) is 10.2. The van der Waals surface area contributed by atoms with Crippen molar-refractivity contribution in [1.29, 1.82) is 0 Å². The third-order valence-corrected chi connectivity index (χ3v) is 4.80. The maximum atomic E-state index is 12.9. The van der Waals surface area contributed by atoms with E-state index in [1.54, 1.807) is 24.3 Å². The first-order valence-electron chi connectivity index (χ1n) is 10.2.